The lowest BCUT2D eigenvalue weighted by molar-refractivity contribution is -0.141. The number of fused-ring (bicyclic) bond motifs is 1. The van der Waals surface area contributed by atoms with Gasteiger partial charge in [0.25, 0.3) is 0 Å². The minimum absolute atomic E-state index is 0.123. The Balaban J connectivity index is 2.11. The summed E-state index contributed by atoms with van der Waals surface area (Å²) in [6.45, 7) is 0. The van der Waals surface area contributed by atoms with E-state index >= 15 is 0 Å². The number of carboxylic acids is 1. The van der Waals surface area contributed by atoms with Gasteiger partial charge in [-0.2, -0.15) is 0 Å². The van der Waals surface area contributed by atoms with Crippen molar-refractivity contribution in [1.29, 1.82) is 0 Å². The van der Waals surface area contributed by atoms with Crippen molar-refractivity contribution >= 4 is 34.8 Å². The molecule has 8 nitrogen and oxygen atoms in total. The largest absolute Gasteiger partial charge is 0.480 e. The van der Waals surface area contributed by atoms with E-state index in [2.05, 4.69) is 5.32 Å². The highest BCUT2D eigenvalue weighted by atomic mass is 16.4. The van der Waals surface area contributed by atoms with Gasteiger partial charge in [-0.25, -0.2) is 4.79 Å². The number of para-hydroxylation sites is 1. The zero-order valence-corrected chi connectivity index (χ0v) is 13.1. The van der Waals surface area contributed by atoms with Crippen LogP contribution in [0.25, 0.3) is 17.0 Å². The van der Waals surface area contributed by atoms with E-state index in [1.165, 1.54) is 12.3 Å². The molecule has 0 bridgehead atoms. The molecule has 0 spiro atoms. The standard InChI is InChI=1S/C17H16N2O6/c18-14(20)7-6-12(17(23)24)19-15(21)8-5-10-9-25-13-4-2-1-3-11(13)16(10)22/h1-5,8-9,12H,6-7H2,(H2,18,20)(H,19,21)(H,23,24)/b8-5+. The predicted molar refractivity (Wildman–Crippen MR) is 89.5 cm³/mol. The predicted octanol–water partition coefficient (Wildman–Crippen LogP) is 0.641. The molecule has 2 rings (SSSR count). The van der Waals surface area contributed by atoms with Crippen molar-refractivity contribution in [3.05, 3.63) is 52.4 Å². The first kappa shape index (κ1) is 17.9. The van der Waals surface area contributed by atoms with E-state index in [4.69, 9.17) is 15.3 Å². The Hall–Kier alpha value is -3.42. The van der Waals surface area contributed by atoms with Gasteiger partial charge in [-0.15, -0.1) is 0 Å². The Morgan fingerprint density at radius 3 is 2.68 bits per heavy atom. The zero-order chi connectivity index (χ0) is 18.4. The normalized spacial score (nSPS) is 12.2. The molecule has 4 N–H and O–H groups in total. The van der Waals surface area contributed by atoms with E-state index in [1.807, 2.05) is 0 Å². The highest BCUT2D eigenvalue weighted by molar-refractivity contribution is 5.94. The molecule has 130 valence electrons. The fraction of sp³-hybridized carbons (Fsp3) is 0.176. The van der Waals surface area contributed by atoms with Crippen LogP contribution in [0.3, 0.4) is 0 Å². The van der Waals surface area contributed by atoms with E-state index in [0.29, 0.717) is 11.0 Å². The Kier molecular flexibility index (Phi) is 5.67. The zero-order valence-electron chi connectivity index (χ0n) is 13.1. The fourth-order valence-electron chi connectivity index (χ4n) is 2.14. The first-order valence-corrected chi connectivity index (χ1v) is 7.38. The molecule has 0 radical (unpaired) electrons. The van der Waals surface area contributed by atoms with Crippen LogP contribution in [-0.2, 0) is 14.4 Å². The van der Waals surface area contributed by atoms with Crippen molar-refractivity contribution in [2.45, 2.75) is 18.9 Å². The molecule has 1 atom stereocenters. The van der Waals surface area contributed by atoms with Crippen molar-refractivity contribution in [2.24, 2.45) is 5.73 Å². The highest BCUT2D eigenvalue weighted by Gasteiger charge is 2.19. The molecule has 0 saturated heterocycles. The average molecular weight is 344 g/mol. The topological polar surface area (TPSA) is 140 Å². The Morgan fingerprint density at radius 1 is 1.28 bits per heavy atom. The van der Waals surface area contributed by atoms with Crippen molar-refractivity contribution in [1.82, 2.24) is 5.32 Å². The summed E-state index contributed by atoms with van der Waals surface area (Å²) in [6.07, 6.45) is 3.19. The smallest absolute Gasteiger partial charge is 0.326 e. The molecule has 25 heavy (non-hydrogen) atoms. The van der Waals surface area contributed by atoms with E-state index in [0.717, 1.165) is 6.08 Å². The molecule has 1 aromatic heterocycles. The van der Waals surface area contributed by atoms with Crippen molar-refractivity contribution < 1.29 is 23.9 Å². The molecule has 0 aliphatic rings. The maximum absolute atomic E-state index is 12.3. The average Bonchev–Trinajstić information content (AvgIpc) is 2.57. The number of nitrogens with one attached hydrogen (secondary N) is 1. The summed E-state index contributed by atoms with van der Waals surface area (Å²) in [6, 6.07) is 5.41. The number of benzene rings is 1. The fourth-order valence-corrected chi connectivity index (χ4v) is 2.14. The quantitative estimate of drug-likeness (QED) is 0.630. The summed E-state index contributed by atoms with van der Waals surface area (Å²) >= 11 is 0. The van der Waals surface area contributed by atoms with Crippen molar-refractivity contribution in [3.8, 4) is 0 Å². The van der Waals surface area contributed by atoms with Crippen LogP contribution in [0, 0.1) is 0 Å². The van der Waals surface area contributed by atoms with Crippen LogP contribution >= 0.6 is 0 Å². The van der Waals surface area contributed by atoms with Crippen LogP contribution in [0.5, 0.6) is 0 Å². The van der Waals surface area contributed by atoms with Gasteiger partial charge in [-0.3, -0.25) is 14.4 Å². The van der Waals surface area contributed by atoms with Gasteiger partial charge >= 0.3 is 5.97 Å². The van der Waals surface area contributed by atoms with Crippen LogP contribution in [-0.4, -0.2) is 28.9 Å². The van der Waals surface area contributed by atoms with Crippen LogP contribution in [0.4, 0.5) is 0 Å². The molecule has 1 aromatic carbocycles. The van der Waals surface area contributed by atoms with Crippen molar-refractivity contribution in [2.75, 3.05) is 0 Å². The number of hydrogen-bond acceptors (Lipinski definition) is 5. The summed E-state index contributed by atoms with van der Waals surface area (Å²) in [5, 5.41) is 11.6. The second-order valence-electron chi connectivity index (χ2n) is 5.25. The number of carboxylic acid groups (broad SMARTS) is 1. The third kappa shape index (κ3) is 4.77. The van der Waals surface area contributed by atoms with Gasteiger partial charge < -0.3 is 20.6 Å². The SMILES string of the molecule is NC(=O)CCC(NC(=O)/C=C/c1coc2ccccc2c1=O)C(=O)O. The van der Waals surface area contributed by atoms with Crippen LogP contribution in [0.15, 0.2) is 45.8 Å². The number of hydrogen-bond donors (Lipinski definition) is 3. The number of amides is 2. The lowest BCUT2D eigenvalue weighted by atomic mass is 10.1. The summed E-state index contributed by atoms with van der Waals surface area (Å²) in [5.74, 6) is -2.66. The summed E-state index contributed by atoms with van der Waals surface area (Å²) in [4.78, 5) is 45.9. The first-order valence-electron chi connectivity index (χ1n) is 7.38. The first-order chi connectivity index (χ1) is 11.9. The number of carbonyl (C=O) groups excluding carboxylic acids is 2. The molecule has 2 aromatic rings. The molecule has 1 heterocycles. The van der Waals surface area contributed by atoms with Crippen molar-refractivity contribution in [3.63, 3.8) is 0 Å². The molecule has 0 fully saturated rings. The molecule has 2 amide bonds. The lowest BCUT2D eigenvalue weighted by Crippen LogP contribution is -2.40. The molecule has 8 heteroatoms. The highest BCUT2D eigenvalue weighted by Crippen LogP contribution is 2.11. The van der Waals surface area contributed by atoms with E-state index in [9.17, 15) is 19.2 Å². The number of primary amides is 1. The Bertz CT molecular complexity index is 899. The monoisotopic (exact) mass is 344 g/mol. The van der Waals surface area contributed by atoms with Crippen LogP contribution < -0.4 is 16.5 Å². The van der Waals surface area contributed by atoms with E-state index in [-0.39, 0.29) is 23.8 Å². The third-order valence-corrected chi connectivity index (χ3v) is 3.41. The van der Waals surface area contributed by atoms with Gasteiger partial charge in [0.2, 0.25) is 11.8 Å². The molecule has 1 unspecified atom stereocenters. The van der Waals surface area contributed by atoms with Gasteiger partial charge in [0, 0.05) is 12.5 Å². The van der Waals surface area contributed by atoms with Gasteiger partial charge in [-0.05, 0) is 24.6 Å². The van der Waals surface area contributed by atoms with Crippen LogP contribution in [0.2, 0.25) is 0 Å². The molecule has 0 aliphatic heterocycles. The van der Waals surface area contributed by atoms with Gasteiger partial charge in [0.15, 0.2) is 5.43 Å². The summed E-state index contributed by atoms with van der Waals surface area (Å²) < 4.78 is 5.31. The second-order valence-corrected chi connectivity index (χ2v) is 5.25. The molecular formula is C17H16N2O6. The maximum Gasteiger partial charge on any atom is 0.326 e. The number of aliphatic carboxylic acids is 1. The second kappa shape index (κ2) is 7.91. The van der Waals surface area contributed by atoms with Gasteiger partial charge in [0.05, 0.1) is 10.9 Å². The van der Waals surface area contributed by atoms with E-state index in [1.54, 1.807) is 24.3 Å². The third-order valence-electron chi connectivity index (χ3n) is 3.41. The number of nitrogens with two attached hydrogens (primary N) is 1. The number of rotatable bonds is 7. The van der Waals surface area contributed by atoms with Gasteiger partial charge in [-0.1, -0.05) is 12.1 Å². The molecule has 0 saturated carbocycles. The Morgan fingerprint density at radius 2 is 2.00 bits per heavy atom. The lowest BCUT2D eigenvalue weighted by Gasteiger charge is -2.11. The Labute approximate surface area is 141 Å². The molecular weight excluding hydrogens is 328 g/mol. The minimum atomic E-state index is -1.28. The van der Waals surface area contributed by atoms with E-state index < -0.39 is 23.8 Å². The maximum atomic E-state index is 12.3. The van der Waals surface area contributed by atoms with Gasteiger partial charge in [0.1, 0.15) is 17.9 Å². The number of carbonyl (C=O) groups is 3. The summed E-state index contributed by atoms with van der Waals surface area (Å²) in [5.41, 5.74) is 5.23. The summed E-state index contributed by atoms with van der Waals surface area (Å²) in [7, 11) is 0. The van der Waals surface area contributed by atoms with Crippen LogP contribution in [0.1, 0.15) is 18.4 Å². The minimum Gasteiger partial charge on any atom is -0.480 e. The molecule has 0 aliphatic carbocycles.